The molecule has 0 bridgehead atoms. The molecule has 2 fully saturated rings. The largest absolute Gasteiger partial charge is 0.508 e. The van der Waals surface area contributed by atoms with Crippen LogP contribution >= 0.6 is 11.3 Å². The molecule has 188 valence electrons. The number of carbonyl (C=O) groups excluding carboxylic acids is 2. The molecular weight excluding hydrogens is 456 g/mol. The molecule has 0 radical (unpaired) electrons. The molecule has 0 spiro atoms. The van der Waals surface area contributed by atoms with Crippen molar-refractivity contribution in [3.8, 4) is 5.75 Å². The molecule has 0 saturated heterocycles. The van der Waals surface area contributed by atoms with Crippen LogP contribution in [0.15, 0.2) is 18.3 Å². The molecule has 1 amide bonds. The monoisotopic (exact) mass is 494 g/mol. The van der Waals surface area contributed by atoms with Gasteiger partial charge in [-0.3, -0.25) is 9.59 Å². The minimum absolute atomic E-state index is 0.00737. The van der Waals surface area contributed by atoms with Gasteiger partial charge in [-0.25, -0.2) is 4.98 Å². The Labute approximate surface area is 212 Å². The minimum atomic E-state index is -0.268. The number of anilines is 1. The Hall–Kier alpha value is -2.21. The summed E-state index contributed by atoms with van der Waals surface area (Å²) < 4.78 is 0. The number of aromatic nitrogens is 1. The molecule has 3 aliphatic carbocycles. The normalized spacial score (nSPS) is 29.9. The molecule has 2 N–H and O–H groups in total. The van der Waals surface area contributed by atoms with E-state index >= 15 is 0 Å². The number of ketones is 1. The number of thiazole rings is 1. The number of benzene rings is 1. The lowest BCUT2D eigenvalue weighted by molar-refractivity contribution is -0.129. The maximum absolute atomic E-state index is 13.3. The second kappa shape index (κ2) is 8.72. The number of aryl methyl sites for hydroxylation is 2. The molecule has 1 heterocycles. The first-order chi connectivity index (χ1) is 16.5. The van der Waals surface area contributed by atoms with Crippen molar-refractivity contribution in [2.24, 2.45) is 23.2 Å². The molecular formula is C29H38N2O3S. The second-order valence-electron chi connectivity index (χ2n) is 12.4. The Kier molecular flexibility index (Phi) is 6.10. The smallest absolute Gasteiger partial charge is 0.226 e. The third kappa shape index (κ3) is 4.32. The van der Waals surface area contributed by atoms with Crippen LogP contribution in [0.3, 0.4) is 0 Å². The molecule has 5 nitrogen and oxygen atoms in total. The van der Waals surface area contributed by atoms with Gasteiger partial charge in [0.25, 0.3) is 0 Å². The van der Waals surface area contributed by atoms with Crippen LogP contribution in [0.5, 0.6) is 5.75 Å². The lowest BCUT2D eigenvalue weighted by atomic mass is 9.53. The molecule has 1 aromatic carbocycles. The van der Waals surface area contributed by atoms with Crippen LogP contribution in [0.2, 0.25) is 0 Å². The zero-order chi connectivity index (χ0) is 25.1. The van der Waals surface area contributed by atoms with Gasteiger partial charge in [0, 0.05) is 29.3 Å². The lowest BCUT2D eigenvalue weighted by Gasteiger charge is -2.50. The number of fused-ring (bicyclic) bond motifs is 5. The van der Waals surface area contributed by atoms with E-state index in [9.17, 15) is 14.7 Å². The van der Waals surface area contributed by atoms with Gasteiger partial charge in [0.05, 0.1) is 0 Å². The maximum Gasteiger partial charge on any atom is 0.226 e. The summed E-state index contributed by atoms with van der Waals surface area (Å²) in [5, 5.41) is 14.3. The standard InChI is InChI=1S/C29H38N2O3S/c1-16-15-30-27(35-16)31-25(34)9-7-18-13-24(33)29(5)11-10-19-20(26(18)29)8-6-17-12-23(32)22(14-21(17)19)28(2,3)4/h12,14-15,18-20,26,32H,6-11,13H2,1-5H3,(H,30,31,34)/t18-,19?,20?,26?,29?/m1/s1. The van der Waals surface area contributed by atoms with Gasteiger partial charge >= 0.3 is 0 Å². The molecule has 5 rings (SSSR count). The van der Waals surface area contributed by atoms with Crippen LogP contribution in [0.4, 0.5) is 5.13 Å². The Balaban J connectivity index is 1.38. The van der Waals surface area contributed by atoms with Gasteiger partial charge in [-0.05, 0) is 90.9 Å². The molecule has 0 aliphatic heterocycles. The summed E-state index contributed by atoms with van der Waals surface area (Å²) in [4.78, 5) is 31.3. The number of phenols is 1. The predicted molar refractivity (Wildman–Crippen MR) is 140 cm³/mol. The number of amides is 1. The average molecular weight is 495 g/mol. The van der Waals surface area contributed by atoms with E-state index in [0.29, 0.717) is 47.3 Å². The Bertz CT molecular complexity index is 1160. The average Bonchev–Trinajstić information content (AvgIpc) is 3.30. The number of nitrogens with zero attached hydrogens (tertiary/aromatic N) is 1. The maximum atomic E-state index is 13.3. The fraction of sp³-hybridized carbons (Fsp3) is 0.621. The fourth-order valence-electron chi connectivity index (χ4n) is 7.44. The highest BCUT2D eigenvalue weighted by molar-refractivity contribution is 7.15. The van der Waals surface area contributed by atoms with Crippen molar-refractivity contribution < 1.29 is 14.7 Å². The molecule has 1 aromatic heterocycles. The topological polar surface area (TPSA) is 79.3 Å². The Morgan fingerprint density at radius 3 is 2.74 bits per heavy atom. The summed E-state index contributed by atoms with van der Waals surface area (Å²) >= 11 is 1.49. The van der Waals surface area contributed by atoms with Crippen molar-refractivity contribution in [3.63, 3.8) is 0 Å². The van der Waals surface area contributed by atoms with Crippen LogP contribution in [0.1, 0.15) is 93.7 Å². The van der Waals surface area contributed by atoms with Crippen LogP contribution in [-0.2, 0) is 21.4 Å². The SMILES string of the molecule is Cc1cnc(NC(=O)CC[C@@H]2CC(=O)C3(C)CCC4c5cc(C(C)(C)C)c(O)cc5CCC4C23)s1. The highest BCUT2D eigenvalue weighted by Gasteiger charge is 2.58. The number of hydrogen-bond acceptors (Lipinski definition) is 5. The van der Waals surface area contributed by atoms with Gasteiger partial charge in [-0.1, -0.05) is 33.8 Å². The quantitative estimate of drug-likeness (QED) is 0.507. The Morgan fingerprint density at radius 2 is 2.06 bits per heavy atom. The van der Waals surface area contributed by atoms with E-state index < -0.39 is 0 Å². The summed E-state index contributed by atoms with van der Waals surface area (Å²) in [6.45, 7) is 10.6. The fourth-order valence-corrected chi connectivity index (χ4v) is 8.12. The second-order valence-corrected chi connectivity index (χ2v) is 13.6. The van der Waals surface area contributed by atoms with Gasteiger partial charge in [-0.15, -0.1) is 11.3 Å². The third-order valence-corrected chi connectivity index (χ3v) is 9.93. The van der Waals surface area contributed by atoms with Crippen molar-refractivity contribution in [1.29, 1.82) is 0 Å². The molecule has 35 heavy (non-hydrogen) atoms. The summed E-state index contributed by atoms with van der Waals surface area (Å²) in [5.41, 5.74) is 3.29. The predicted octanol–water partition coefficient (Wildman–Crippen LogP) is 6.52. The van der Waals surface area contributed by atoms with Crippen LogP contribution < -0.4 is 5.32 Å². The summed E-state index contributed by atoms with van der Waals surface area (Å²) in [6, 6.07) is 4.27. The zero-order valence-electron chi connectivity index (χ0n) is 21.6. The minimum Gasteiger partial charge on any atom is -0.508 e. The highest BCUT2D eigenvalue weighted by Crippen LogP contribution is 2.62. The number of rotatable bonds is 4. The Morgan fingerprint density at radius 1 is 1.29 bits per heavy atom. The first-order valence-corrected chi connectivity index (χ1v) is 13.9. The van der Waals surface area contributed by atoms with Gasteiger partial charge < -0.3 is 10.4 Å². The van der Waals surface area contributed by atoms with Gasteiger partial charge in [0.1, 0.15) is 11.5 Å². The van der Waals surface area contributed by atoms with Gasteiger partial charge in [0.15, 0.2) is 5.13 Å². The molecule has 2 aromatic rings. The van der Waals surface area contributed by atoms with Crippen molar-refractivity contribution in [1.82, 2.24) is 4.98 Å². The van der Waals surface area contributed by atoms with E-state index in [1.807, 2.05) is 13.0 Å². The summed E-state index contributed by atoms with van der Waals surface area (Å²) in [7, 11) is 0. The van der Waals surface area contributed by atoms with Gasteiger partial charge in [-0.2, -0.15) is 0 Å². The van der Waals surface area contributed by atoms with Crippen molar-refractivity contribution >= 4 is 28.2 Å². The summed E-state index contributed by atoms with van der Waals surface area (Å²) in [5.74, 6) is 2.26. The van der Waals surface area contributed by atoms with E-state index in [4.69, 9.17) is 0 Å². The van der Waals surface area contributed by atoms with Crippen LogP contribution in [-0.4, -0.2) is 21.8 Å². The highest BCUT2D eigenvalue weighted by atomic mass is 32.1. The number of hydrogen-bond donors (Lipinski definition) is 2. The van der Waals surface area contributed by atoms with Crippen LogP contribution in [0, 0.1) is 30.1 Å². The van der Waals surface area contributed by atoms with Crippen molar-refractivity contribution in [2.75, 3.05) is 5.32 Å². The molecule has 2 saturated carbocycles. The number of nitrogens with one attached hydrogen (secondary N) is 1. The number of phenolic OH excluding ortho intramolecular Hbond substituents is 1. The van der Waals surface area contributed by atoms with Gasteiger partial charge in [0.2, 0.25) is 5.91 Å². The van der Waals surface area contributed by atoms with Crippen molar-refractivity contribution in [3.05, 3.63) is 39.9 Å². The first-order valence-electron chi connectivity index (χ1n) is 13.1. The molecule has 6 heteroatoms. The number of aromatic hydroxyl groups is 1. The lowest BCUT2D eigenvalue weighted by Crippen LogP contribution is -2.44. The molecule has 4 unspecified atom stereocenters. The summed E-state index contributed by atoms with van der Waals surface area (Å²) in [6.07, 6.45) is 7.51. The molecule has 5 atom stereocenters. The number of Topliss-reactive ketones (excluding diaryl/α,β-unsaturated/α-hetero) is 1. The first kappa shape index (κ1) is 24.5. The van der Waals surface area contributed by atoms with E-state index in [-0.39, 0.29) is 22.7 Å². The third-order valence-electron chi connectivity index (χ3n) is 9.10. The number of carbonyl (C=O) groups is 2. The van der Waals surface area contributed by atoms with E-state index in [1.165, 1.54) is 22.5 Å². The zero-order valence-corrected chi connectivity index (χ0v) is 22.4. The van der Waals surface area contributed by atoms with Crippen molar-refractivity contribution in [2.45, 2.75) is 90.9 Å². The van der Waals surface area contributed by atoms with Crippen LogP contribution in [0.25, 0.3) is 0 Å². The van der Waals surface area contributed by atoms with E-state index in [2.05, 4.69) is 44.1 Å². The van der Waals surface area contributed by atoms with E-state index in [0.717, 1.165) is 42.5 Å². The molecule has 3 aliphatic rings. The van der Waals surface area contributed by atoms with E-state index in [1.54, 1.807) is 6.20 Å².